The molecule has 1 unspecified atom stereocenters. The van der Waals surface area contributed by atoms with Crippen LogP contribution in [0.15, 0.2) is 59.5 Å². The summed E-state index contributed by atoms with van der Waals surface area (Å²) in [6, 6.07) is 5.46. The average Bonchev–Trinajstić information content (AvgIpc) is 3.14. The van der Waals surface area contributed by atoms with Gasteiger partial charge in [0.1, 0.15) is 0 Å². The van der Waals surface area contributed by atoms with Crippen molar-refractivity contribution in [3.63, 3.8) is 0 Å². The minimum absolute atomic E-state index is 0.0362. The molecule has 2 heterocycles. The molecule has 2 amide bonds. The van der Waals surface area contributed by atoms with Gasteiger partial charge < -0.3 is 5.32 Å². The number of aliphatic imine (C=N–C) groups is 1. The molecule has 4 rings (SSSR count). The maximum absolute atomic E-state index is 11.4. The van der Waals surface area contributed by atoms with Gasteiger partial charge in [-0.15, -0.1) is 0 Å². The predicted molar refractivity (Wildman–Crippen MR) is 85.0 cm³/mol. The van der Waals surface area contributed by atoms with Gasteiger partial charge in [0.15, 0.2) is 0 Å². The fourth-order valence-electron chi connectivity index (χ4n) is 2.77. The van der Waals surface area contributed by atoms with Crippen LogP contribution in [0.3, 0.4) is 0 Å². The van der Waals surface area contributed by atoms with Crippen molar-refractivity contribution in [3.05, 3.63) is 65.1 Å². The van der Waals surface area contributed by atoms with Crippen LogP contribution in [0.25, 0.3) is 11.1 Å². The van der Waals surface area contributed by atoms with Crippen LogP contribution in [-0.2, 0) is 0 Å². The number of carbonyl (C=O) groups excluding carboxylic acids is 1. The van der Waals surface area contributed by atoms with Crippen LogP contribution in [0.1, 0.15) is 11.5 Å². The Hall–Kier alpha value is -2.66. The Morgan fingerprint density at radius 1 is 1.27 bits per heavy atom. The van der Waals surface area contributed by atoms with Crippen LogP contribution in [-0.4, -0.2) is 21.9 Å². The molecule has 1 aromatic carbocycles. The maximum Gasteiger partial charge on any atom is 0.346 e. The number of allylic oxidation sites excluding steroid dienone is 3. The molecule has 6 heteroatoms. The number of carbonyl (C=O) groups is 1. The van der Waals surface area contributed by atoms with E-state index in [-0.39, 0.29) is 11.9 Å². The molecule has 0 radical (unpaired) electrons. The largest absolute Gasteiger partial charge is 0.346 e. The summed E-state index contributed by atoms with van der Waals surface area (Å²) < 4.78 is 0. The van der Waals surface area contributed by atoms with E-state index in [1.807, 2.05) is 42.6 Å². The first-order chi connectivity index (χ1) is 10.7. The number of nitrogens with zero attached hydrogens (tertiary/aromatic N) is 2. The minimum atomic E-state index is -0.333. The molecular formula is C16H11ClN4O. The first-order valence-corrected chi connectivity index (χ1v) is 7.18. The van der Waals surface area contributed by atoms with Crippen molar-refractivity contribution in [1.82, 2.24) is 15.5 Å². The van der Waals surface area contributed by atoms with Gasteiger partial charge in [-0.1, -0.05) is 29.8 Å². The highest BCUT2D eigenvalue weighted by Gasteiger charge is 2.25. The first-order valence-electron chi connectivity index (χ1n) is 6.80. The van der Waals surface area contributed by atoms with Gasteiger partial charge in [-0.3, -0.25) is 5.10 Å². The standard InChI is InChI=1S/C16H11ClN4O/c17-12-3-1-2-11(10-7-18-19-8-10)15(12)9-4-5-13-14(6-9)21-16(22)20-13/h1-9H,(H,18,19)(H,21,22). The van der Waals surface area contributed by atoms with Gasteiger partial charge in [-0.2, -0.15) is 10.1 Å². The molecule has 1 aliphatic carbocycles. The lowest BCUT2D eigenvalue weighted by Gasteiger charge is -2.19. The molecule has 0 bridgehead atoms. The molecule has 0 spiro atoms. The molecule has 22 heavy (non-hydrogen) atoms. The summed E-state index contributed by atoms with van der Waals surface area (Å²) in [6.07, 6.45) is 9.40. The van der Waals surface area contributed by atoms with Gasteiger partial charge in [0.2, 0.25) is 0 Å². The molecule has 108 valence electrons. The Labute approximate surface area is 131 Å². The molecule has 2 N–H and O–H groups in total. The zero-order chi connectivity index (χ0) is 15.1. The Bertz CT molecular complexity index is 849. The molecule has 0 fully saturated rings. The monoisotopic (exact) mass is 310 g/mol. The molecule has 1 atom stereocenters. The predicted octanol–water partition coefficient (Wildman–Crippen LogP) is 3.43. The molecule has 1 aliphatic heterocycles. The quantitative estimate of drug-likeness (QED) is 0.892. The van der Waals surface area contributed by atoms with Crippen LogP contribution in [0.2, 0.25) is 5.02 Å². The van der Waals surface area contributed by atoms with Crippen molar-refractivity contribution in [3.8, 4) is 11.1 Å². The van der Waals surface area contributed by atoms with Gasteiger partial charge >= 0.3 is 6.03 Å². The van der Waals surface area contributed by atoms with Crippen molar-refractivity contribution in [2.45, 2.75) is 5.92 Å². The summed E-state index contributed by atoms with van der Waals surface area (Å²) in [6.45, 7) is 0. The van der Waals surface area contributed by atoms with Gasteiger partial charge in [-0.25, -0.2) is 4.79 Å². The van der Waals surface area contributed by atoms with E-state index in [4.69, 9.17) is 11.6 Å². The van der Waals surface area contributed by atoms with Crippen molar-refractivity contribution >= 4 is 23.3 Å². The summed E-state index contributed by atoms with van der Waals surface area (Å²) in [7, 11) is 0. The van der Waals surface area contributed by atoms with Crippen LogP contribution < -0.4 is 5.32 Å². The van der Waals surface area contributed by atoms with E-state index in [0.29, 0.717) is 10.7 Å². The molecule has 0 saturated carbocycles. The van der Waals surface area contributed by atoms with Crippen LogP contribution in [0, 0.1) is 0 Å². The third kappa shape index (κ3) is 2.07. The van der Waals surface area contributed by atoms with E-state index in [0.717, 1.165) is 22.4 Å². The van der Waals surface area contributed by atoms with E-state index >= 15 is 0 Å². The second-order valence-electron chi connectivity index (χ2n) is 5.08. The molecule has 1 aromatic heterocycles. The number of benzene rings is 1. The Morgan fingerprint density at radius 2 is 2.18 bits per heavy atom. The number of H-pyrrole nitrogens is 1. The Morgan fingerprint density at radius 3 is 3.00 bits per heavy atom. The highest BCUT2D eigenvalue weighted by molar-refractivity contribution is 6.32. The second-order valence-corrected chi connectivity index (χ2v) is 5.49. The van der Waals surface area contributed by atoms with Gasteiger partial charge in [0.05, 0.1) is 17.6 Å². The lowest BCUT2D eigenvalue weighted by atomic mass is 9.87. The van der Waals surface area contributed by atoms with Crippen LogP contribution in [0.5, 0.6) is 0 Å². The number of fused-ring (bicyclic) bond motifs is 1. The lowest BCUT2D eigenvalue weighted by molar-refractivity contribution is 0.253. The maximum atomic E-state index is 11.4. The van der Waals surface area contributed by atoms with Crippen molar-refractivity contribution in [2.75, 3.05) is 0 Å². The summed E-state index contributed by atoms with van der Waals surface area (Å²) in [5.41, 5.74) is 4.36. The second kappa shape index (κ2) is 4.96. The topological polar surface area (TPSA) is 70.1 Å². The lowest BCUT2D eigenvalue weighted by Crippen LogP contribution is -2.17. The first kappa shape index (κ1) is 13.0. The highest BCUT2D eigenvalue weighted by Crippen LogP contribution is 2.37. The summed E-state index contributed by atoms with van der Waals surface area (Å²) in [5, 5.41) is 10.2. The minimum Gasteiger partial charge on any atom is -0.304 e. The van der Waals surface area contributed by atoms with Crippen molar-refractivity contribution < 1.29 is 4.79 Å². The zero-order valence-corrected chi connectivity index (χ0v) is 12.1. The number of rotatable bonds is 2. The number of hydrogen-bond donors (Lipinski definition) is 2. The number of halogens is 1. The summed E-state index contributed by atoms with van der Waals surface area (Å²) in [5.74, 6) is -0.0362. The highest BCUT2D eigenvalue weighted by atomic mass is 35.5. The Balaban J connectivity index is 1.83. The Kier molecular flexibility index (Phi) is 2.94. The van der Waals surface area contributed by atoms with E-state index in [2.05, 4.69) is 20.5 Å². The number of urea groups is 1. The zero-order valence-electron chi connectivity index (χ0n) is 11.4. The van der Waals surface area contributed by atoms with Gasteiger partial charge in [-0.05, 0) is 29.3 Å². The number of amides is 2. The van der Waals surface area contributed by atoms with Crippen molar-refractivity contribution in [2.24, 2.45) is 4.99 Å². The third-order valence-corrected chi connectivity index (χ3v) is 4.07. The average molecular weight is 311 g/mol. The fourth-order valence-corrected chi connectivity index (χ4v) is 3.07. The number of aromatic amines is 1. The third-order valence-electron chi connectivity index (χ3n) is 3.74. The normalized spacial score (nSPS) is 19.5. The fraction of sp³-hybridized carbons (Fsp3) is 0.0625. The van der Waals surface area contributed by atoms with E-state index in [9.17, 15) is 4.79 Å². The van der Waals surface area contributed by atoms with Crippen LogP contribution >= 0.6 is 11.6 Å². The van der Waals surface area contributed by atoms with Gasteiger partial charge in [0, 0.05) is 22.7 Å². The number of nitrogens with one attached hydrogen (secondary N) is 2. The van der Waals surface area contributed by atoms with E-state index in [1.165, 1.54) is 0 Å². The smallest absolute Gasteiger partial charge is 0.304 e. The van der Waals surface area contributed by atoms with E-state index in [1.54, 1.807) is 6.20 Å². The molecular weight excluding hydrogens is 300 g/mol. The number of hydrogen-bond acceptors (Lipinski definition) is 2. The summed E-state index contributed by atoms with van der Waals surface area (Å²) >= 11 is 6.44. The molecule has 5 nitrogen and oxygen atoms in total. The van der Waals surface area contributed by atoms with Crippen LogP contribution in [0.4, 0.5) is 4.79 Å². The van der Waals surface area contributed by atoms with Crippen molar-refractivity contribution in [1.29, 1.82) is 0 Å². The molecule has 0 saturated heterocycles. The van der Waals surface area contributed by atoms with Gasteiger partial charge in [0.25, 0.3) is 0 Å². The van der Waals surface area contributed by atoms with E-state index < -0.39 is 0 Å². The molecule has 2 aliphatic rings. The SMILES string of the molecule is O=C1N=C2C=CC(c3c(Cl)cccc3-c3cn[nH]c3)C=C2N1. The summed E-state index contributed by atoms with van der Waals surface area (Å²) in [4.78, 5) is 15.3. The molecule has 2 aromatic rings. The number of aromatic nitrogens is 2.